The van der Waals surface area contributed by atoms with Crippen LogP contribution in [-0.2, 0) is 17.1 Å². The van der Waals surface area contributed by atoms with Crippen molar-refractivity contribution in [1.29, 1.82) is 0 Å². The Hall–Kier alpha value is 0.359. The standard InChI is InChI=1S/C10H24N4.Mn/c1-3-11-7-9-13-5-2-6-14-10-8-12-4-1;/h11-14H,1-10H2;. The number of hydrogen-bond donors (Lipinski definition) is 4. The van der Waals surface area contributed by atoms with E-state index < -0.39 is 0 Å². The van der Waals surface area contributed by atoms with Gasteiger partial charge in [0.2, 0.25) is 0 Å². The van der Waals surface area contributed by atoms with Crippen LogP contribution in [-0.4, -0.2) is 52.4 Å². The smallest absolute Gasteiger partial charge is 0.00767 e. The zero-order chi connectivity index (χ0) is 9.90. The van der Waals surface area contributed by atoms with E-state index in [1.807, 2.05) is 0 Å². The van der Waals surface area contributed by atoms with Gasteiger partial charge in [0.15, 0.2) is 0 Å². The van der Waals surface area contributed by atoms with E-state index in [1.54, 1.807) is 0 Å². The minimum Gasteiger partial charge on any atom is -0.315 e. The molecule has 0 bridgehead atoms. The maximum absolute atomic E-state index is 3.42. The molecule has 0 atom stereocenters. The van der Waals surface area contributed by atoms with Crippen LogP contribution in [0.5, 0.6) is 0 Å². The average Bonchev–Trinajstić information content (AvgIpc) is 2.22. The summed E-state index contributed by atoms with van der Waals surface area (Å²) >= 11 is 0. The Morgan fingerprint density at radius 1 is 0.400 bits per heavy atom. The maximum Gasteiger partial charge on any atom is 0.00767 e. The van der Waals surface area contributed by atoms with Crippen LogP contribution in [0, 0.1) is 0 Å². The molecule has 91 valence electrons. The van der Waals surface area contributed by atoms with Gasteiger partial charge >= 0.3 is 0 Å². The van der Waals surface area contributed by atoms with E-state index in [1.165, 1.54) is 12.8 Å². The molecule has 0 amide bonds. The van der Waals surface area contributed by atoms with Gasteiger partial charge in [-0.3, -0.25) is 0 Å². The molecule has 5 heteroatoms. The van der Waals surface area contributed by atoms with E-state index in [-0.39, 0.29) is 17.1 Å². The first-order chi connectivity index (χ1) is 7.00. The second-order valence-electron chi connectivity index (χ2n) is 3.71. The SMILES string of the molecule is C1CNCCNCCCNCCNC1.[Mn]. The Morgan fingerprint density at radius 3 is 0.933 bits per heavy atom. The van der Waals surface area contributed by atoms with E-state index >= 15 is 0 Å². The molecule has 1 heterocycles. The Bertz CT molecular complexity index is 70.7. The van der Waals surface area contributed by atoms with Gasteiger partial charge < -0.3 is 21.3 Å². The molecule has 4 nitrogen and oxygen atoms in total. The minimum absolute atomic E-state index is 0. The summed E-state index contributed by atoms with van der Waals surface area (Å²) in [5.41, 5.74) is 0. The zero-order valence-corrected chi connectivity index (χ0v) is 10.6. The monoisotopic (exact) mass is 255 g/mol. The quantitative estimate of drug-likeness (QED) is 0.425. The van der Waals surface area contributed by atoms with Crippen LogP contribution in [0.25, 0.3) is 0 Å². The van der Waals surface area contributed by atoms with Crippen molar-refractivity contribution < 1.29 is 17.1 Å². The molecule has 1 aliphatic heterocycles. The molecule has 0 aromatic heterocycles. The molecule has 1 aliphatic rings. The molecule has 15 heavy (non-hydrogen) atoms. The first-order valence-electron chi connectivity index (χ1n) is 5.83. The average molecular weight is 255 g/mol. The van der Waals surface area contributed by atoms with Crippen molar-refractivity contribution in [3.63, 3.8) is 0 Å². The molecule has 1 fully saturated rings. The van der Waals surface area contributed by atoms with Crippen molar-refractivity contribution in [2.24, 2.45) is 0 Å². The van der Waals surface area contributed by atoms with Gasteiger partial charge in [-0.1, -0.05) is 0 Å². The van der Waals surface area contributed by atoms with Crippen LogP contribution in [0.3, 0.4) is 0 Å². The second kappa shape index (κ2) is 12.4. The summed E-state index contributed by atoms with van der Waals surface area (Å²) in [6.07, 6.45) is 2.44. The third-order valence-corrected chi connectivity index (χ3v) is 2.37. The molecule has 0 aromatic carbocycles. The van der Waals surface area contributed by atoms with E-state index in [4.69, 9.17) is 0 Å². The fourth-order valence-corrected chi connectivity index (χ4v) is 1.53. The van der Waals surface area contributed by atoms with Crippen LogP contribution in [0.4, 0.5) is 0 Å². The molecule has 0 aromatic rings. The molecular weight excluding hydrogens is 231 g/mol. The number of nitrogens with one attached hydrogen (secondary N) is 4. The topological polar surface area (TPSA) is 48.1 Å². The fourth-order valence-electron chi connectivity index (χ4n) is 1.53. The second-order valence-corrected chi connectivity index (χ2v) is 3.71. The summed E-state index contributed by atoms with van der Waals surface area (Å²) in [4.78, 5) is 0. The van der Waals surface area contributed by atoms with Crippen LogP contribution in [0.2, 0.25) is 0 Å². The minimum atomic E-state index is 0. The maximum atomic E-state index is 3.42. The predicted molar refractivity (Wildman–Crippen MR) is 60.7 cm³/mol. The molecule has 1 rings (SSSR count). The van der Waals surface area contributed by atoms with Gasteiger partial charge in [0, 0.05) is 43.2 Å². The Morgan fingerprint density at radius 2 is 0.667 bits per heavy atom. The van der Waals surface area contributed by atoms with Crippen molar-refractivity contribution in [2.45, 2.75) is 12.8 Å². The van der Waals surface area contributed by atoms with Crippen molar-refractivity contribution >= 4 is 0 Å². The predicted octanol–water partition coefficient (Wildman–Crippen LogP) is -0.864. The van der Waals surface area contributed by atoms with Gasteiger partial charge in [-0.25, -0.2) is 0 Å². The van der Waals surface area contributed by atoms with Gasteiger partial charge in [0.1, 0.15) is 0 Å². The number of hydrogen-bond acceptors (Lipinski definition) is 4. The van der Waals surface area contributed by atoms with Crippen molar-refractivity contribution in [2.75, 3.05) is 52.4 Å². The first-order valence-corrected chi connectivity index (χ1v) is 5.83. The van der Waals surface area contributed by atoms with E-state index in [9.17, 15) is 0 Å². The summed E-state index contributed by atoms with van der Waals surface area (Å²) in [6, 6.07) is 0. The molecule has 1 saturated heterocycles. The fraction of sp³-hybridized carbons (Fsp3) is 1.00. The summed E-state index contributed by atoms with van der Waals surface area (Å²) in [7, 11) is 0. The summed E-state index contributed by atoms with van der Waals surface area (Å²) in [5, 5.41) is 13.7. The third kappa shape index (κ3) is 10.6. The first kappa shape index (κ1) is 15.4. The largest absolute Gasteiger partial charge is 0.315 e. The van der Waals surface area contributed by atoms with Gasteiger partial charge in [-0.2, -0.15) is 0 Å². The van der Waals surface area contributed by atoms with E-state index in [2.05, 4.69) is 21.3 Å². The molecule has 1 radical (unpaired) electrons. The molecule has 0 unspecified atom stereocenters. The van der Waals surface area contributed by atoms with Crippen molar-refractivity contribution in [3.05, 3.63) is 0 Å². The summed E-state index contributed by atoms with van der Waals surface area (Å²) in [5.74, 6) is 0. The van der Waals surface area contributed by atoms with Crippen LogP contribution in [0.15, 0.2) is 0 Å². The van der Waals surface area contributed by atoms with Crippen molar-refractivity contribution in [1.82, 2.24) is 21.3 Å². The summed E-state index contributed by atoms with van der Waals surface area (Å²) in [6.45, 7) is 8.87. The van der Waals surface area contributed by atoms with Gasteiger partial charge in [0.05, 0.1) is 0 Å². The van der Waals surface area contributed by atoms with Gasteiger partial charge in [0.25, 0.3) is 0 Å². The van der Waals surface area contributed by atoms with Gasteiger partial charge in [-0.05, 0) is 39.0 Å². The molecule has 0 saturated carbocycles. The van der Waals surface area contributed by atoms with Crippen LogP contribution >= 0.6 is 0 Å². The Labute approximate surface area is 104 Å². The molecule has 0 aliphatic carbocycles. The third-order valence-electron chi connectivity index (χ3n) is 2.37. The van der Waals surface area contributed by atoms with Crippen molar-refractivity contribution in [3.8, 4) is 0 Å². The van der Waals surface area contributed by atoms with Gasteiger partial charge in [-0.15, -0.1) is 0 Å². The number of rotatable bonds is 0. The normalized spacial score (nSPS) is 22.4. The Balaban J connectivity index is 0.00000196. The molecule has 0 spiro atoms. The summed E-state index contributed by atoms with van der Waals surface area (Å²) < 4.78 is 0. The van der Waals surface area contributed by atoms with E-state index in [0.717, 1.165) is 52.4 Å². The van der Waals surface area contributed by atoms with Crippen LogP contribution < -0.4 is 21.3 Å². The Kier molecular flexibility index (Phi) is 12.7. The molecular formula is C10H24MnN4. The zero-order valence-electron chi connectivity index (χ0n) is 9.45. The molecule has 4 N–H and O–H groups in total. The van der Waals surface area contributed by atoms with E-state index in [0.29, 0.717) is 0 Å². The van der Waals surface area contributed by atoms with Crippen LogP contribution in [0.1, 0.15) is 12.8 Å².